The van der Waals surface area contributed by atoms with Gasteiger partial charge in [0, 0.05) is 61.6 Å². The normalized spacial score (nSPS) is 29.9. The Hall–Kier alpha value is -9.56. The molecule has 6 fully saturated rings. The number of hydrogen-bond donors (Lipinski definition) is 3. The Morgan fingerprint density at radius 1 is 0.384 bits per heavy atom. The van der Waals surface area contributed by atoms with Crippen molar-refractivity contribution in [1.29, 1.82) is 0 Å². The van der Waals surface area contributed by atoms with Gasteiger partial charge in [-0.1, -0.05) is 159 Å². The van der Waals surface area contributed by atoms with Gasteiger partial charge in [-0.25, -0.2) is 63.1 Å². The van der Waals surface area contributed by atoms with E-state index in [9.17, 15) is 69.5 Å². The molecule has 33 nitrogen and oxygen atoms in total. The molecule has 138 heavy (non-hydrogen) atoms. The molecule has 42 heteroatoms. The average molecular weight is 2040 g/mol. The van der Waals surface area contributed by atoms with E-state index in [2.05, 4.69) is 45.1 Å². The summed E-state index contributed by atoms with van der Waals surface area (Å²) in [6.07, 6.45) is 7.69. The molecule has 18 rings (SSSR count). The predicted molar refractivity (Wildman–Crippen MR) is 470 cm³/mol. The summed E-state index contributed by atoms with van der Waals surface area (Å²) in [5.41, 5.74) is 0.168. The van der Waals surface area contributed by atoms with Crippen LogP contribution in [-0.4, -0.2) is 210 Å². The van der Waals surface area contributed by atoms with Crippen LogP contribution in [0.5, 0.6) is 52.1 Å². The minimum absolute atomic E-state index is 0. The van der Waals surface area contributed by atoms with Crippen molar-refractivity contribution in [2.45, 2.75) is 329 Å². The number of carbonyl (C=O) groups excluding carboxylic acids is 9. The van der Waals surface area contributed by atoms with Crippen LogP contribution in [0, 0.1) is 51.8 Å². The smallest absolute Gasteiger partial charge is 0.540 e. The SMILES string of the molecule is CC[C@@H]1[C@@H]2CN(C(=O)[C@H](C(C)(C)C)NC(=O)O[C@@H]3CCC[C@H]3CCCCCc3nc4ccc5c(c4nc3O2)OC(F)(F)O5)[C@@H]1[C-]=O.CC[C@@H]1[C@@H]2CN(C(=O)[C@H](C(C)(C)C)NC(=O)O[C@@H]3C[C@H]3CCCCCc3nc4ccc5c(c4nc3O2)OC(F)(F)O5)[C@@H]1[C-]=O.CC[C@@H]1[C@@H]2CN(C(=O)[C@H](C(C)(C)C)NC(=O)O[C@]3(C)C[C@H]3CCCCCc3nc4ccc5c(c4nc3O2)OC(F)(F)O5)[C@@H]1[C-]=O.[V].[V].[V]. The van der Waals surface area contributed by atoms with Crippen LogP contribution in [-0.2, 0) is 118 Å². The maximum absolute atomic E-state index is 14.1. The number of ether oxygens (including phenoxy) is 12. The van der Waals surface area contributed by atoms with E-state index in [-0.39, 0.29) is 174 Å². The third-order valence-electron chi connectivity index (χ3n) is 28.1. The van der Waals surface area contributed by atoms with E-state index in [1.54, 1.807) is 18.2 Å². The number of halogens is 6. The van der Waals surface area contributed by atoms with Crippen LogP contribution < -0.4 is 58.6 Å². The van der Waals surface area contributed by atoms with Crippen molar-refractivity contribution >= 4 is 88.0 Å². The number of aromatic nitrogens is 6. The molecule has 9 aliphatic heterocycles. The standard InChI is InChI=1S/C33H41F2N4O7.C32H39F2N4O7.C31H37F2N4O7.3V/c1-5-19-22(17-40)39-16-25(19)43-29-21(36-20-14-15-24-27(26(20)37-29)46-33(34,35)45-24)12-8-6-7-10-18-11-9-13-23(18)44-31(42)38-28(30(39)41)32(2,3)4;1-6-18-21(16-39)38-15-23(18)42-27-20(35-19-12-13-22-25(24(19)36-27)44-32(33,34)43-22)11-9-7-8-10-17-14-31(17,5)45-29(41)37-26(28(38)40)30(2,3)4;1-5-17-20(15-38)37-14-23(17)41-27-19(34-18-11-12-21-25(24(18)35-27)44-31(32,33)43-21)10-8-6-7-9-16-13-22(16)42-29(40)36-26(28(37)39)30(2,3)4;;;/h14-15,18-19,22-23,25,28H,5-13,16H2,1-4H3,(H,38,42);12-13,17-18,21,23,26H,6-11,14-15H2,1-5H3,(H,37,41);11-12,16-17,20,22-23,26H,5-10,13-14H2,1-4H3,(H,36,40);;;/q3*-1;;;/t18-,19+,22-,23-,25+,28-;17-,18+,21-,23+,26-,31-;16-,17+,20-,22-,23+,26-;;;/m111.../s1. The Balaban J connectivity index is 0.000000173. The van der Waals surface area contributed by atoms with E-state index in [4.69, 9.17) is 57.6 Å². The number of fused-ring (bicyclic) bond motifs is 21. The summed E-state index contributed by atoms with van der Waals surface area (Å²) in [5, 5.41) is 8.37. The molecular weight excluding hydrogens is 1920 g/mol. The minimum atomic E-state index is -3.84. The molecule has 3 saturated carbocycles. The third-order valence-corrected chi connectivity index (χ3v) is 28.1. The topological polar surface area (TPSA) is 388 Å². The van der Waals surface area contributed by atoms with E-state index in [0.717, 1.165) is 109 Å². The van der Waals surface area contributed by atoms with Crippen molar-refractivity contribution < 1.29 is 182 Å². The van der Waals surface area contributed by atoms with E-state index < -0.39 is 149 Å². The second-order valence-electron chi connectivity index (χ2n) is 40.9. The Kier molecular flexibility index (Phi) is 32.1. The number of alkyl carbamates (subject to hydrolysis) is 3. The number of nitrogens with zero attached hydrogens (tertiary/aromatic N) is 9. The quantitative estimate of drug-likeness (QED) is 0.0792. The van der Waals surface area contributed by atoms with Gasteiger partial charge in [0.05, 0.1) is 36.2 Å². The summed E-state index contributed by atoms with van der Waals surface area (Å²) in [6, 6.07) is 3.01. The number of alkyl halides is 6. The Labute approximate surface area is 831 Å². The summed E-state index contributed by atoms with van der Waals surface area (Å²) < 4.78 is 149. The molecule has 6 bridgehead atoms. The third kappa shape index (κ3) is 22.8. The van der Waals surface area contributed by atoms with Gasteiger partial charge in [-0.3, -0.25) is 14.4 Å². The number of nitrogens with one attached hydrogen (secondary N) is 3. The molecule has 3 aromatic heterocycles. The molecule has 12 aliphatic rings. The number of rotatable bonds is 6. The molecule has 3 saturated heterocycles. The van der Waals surface area contributed by atoms with Crippen LogP contribution in [0.2, 0.25) is 0 Å². The summed E-state index contributed by atoms with van der Waals surface area (Å²) in [5.74, 6) is -2.77. The molecule has 0 spiro atoms. The Morgan fingerprint density at radius 3 is 1.05 bits per heavy atom. The number of carbonyl (C=O) groups is 6. The molecule has 12 heterocycles. The van der Waals surface area contributed by atoms with Gasteiger partial charge < -0.3 is 102 Å². The first-order valence-electron chi connectivity index (χ1n) is 47.3. The van der Waals surface area contributed by atoms with Gasteiger partial charge in [0.2, 0.25) is 52.6 Å². The van der Waals surface area contributed by atoms with Crippen LogP contribution in [0.15, 0.2) is 36.4 Å². The molecule has 3 aromatic carbocycles. The average Bonchev–Trinajstić information content (AvgIpc) is 1.58. The number of aryl methyl sites for hydroxylation is 3. The first-order chi connectivity index (χ1) is 64.0. The molecule has 3 radical (unpaired) electrons. The fraction of sp³-hybridized carbons (Fsp3) is 0.656. The molecule has 3 N–H and O–H groups in total. The fourth-order valence-electron chi connectivity index (χ4n) is 20.6. The van der Waals surface area contributed by atoms with Gasteiger partial charge in [-0.2, -0.15) is 0 Å². The Bertz CT molecular complexity index is 5550. The zero-order chi connectivity index (χ0) is 96.5. The van der Waals surface area contributed by atoms with Crippen LogP contribution in [0.25, 0.3) is 33.1 Å². The van der Waals surface area contributed by atoms with Crippen molar-refractivity contribution in [3.63, 3.8) is 0 Å². The van der Waals surface area contributed by atoms with Gasteiger partial charge >= 0.3 is 37.2 Å². The maximum Gasteiger partial charge on any atom is 0.586 e. The van der Waals surface area contributed by atoms with Crippen LogP contribution in [0.3, 0.4) is 0 Å². The maximum atomic E-state index is 14.1. The molecule has 0 unspecified atom stereocenters. The van der Waals surface area contributed by atoms with Gasteiger partial charge in [-0.05, 0) is 179 Å². The van der Waals surface area contributed by atoms with Gasteiger partial charge in [0.15, 0.2) is 17.2 Å². The second-order valence-corrected chi connectivity index (χ2v) is 40.9. The van der Waals surface area contributed by atoms with E-state index in [1.807, 2.05) is 109 Å². The van der Waals surface area contributed by atoms with Crippen molar-refractivity contribution in [2.24, 2.45) is 51.8 Å². The zero-order valence-corrected chi connectivity index (χ0v) is 83.6. The molecule has 6 amide bonds. The van der Waals surface area contributed by atoms with Gasteiger partial charge in [0.25, 0.3) is 0 Å². The first-order valence-corrected chi connectivity index (χ1v) is 47.3. The van der Waals surface area contributed by atoms with Crippen molar-refractivity contribution in [3.8, 4) is 52.1 Å². The summed E-state index contributed by atoms with van der Waals surface area (Å²) in [4.78, 5) is 151. The largest absolute Gasteiger partial charge is 0.586 e. The second kappa shape index (κ2) is 41.9. The number of hydrogen-bond acceptors (Lipinski definition) is 27. The molecule has 18 atom stereocenters. The number of benzene rings is 3. The molecule has 6 aromatic rings. The Morgan fingerprint density at radius 2 is 0.710 bits per heavy atom. The molecular formula is C96H117F6N12O21V3-3. The molecule has 747 valence electrons. The van der Waals surface area contributed by atoms with Crippen molar-refractivity contribution in [1.82, 2.24) is 60.6 Å². The van der Waals surface area contributed by atoms with E-state index >= 15 is 0 Å². The van der Waals surface area contributed by atoms with E-state index in [0.29, 0.717) is 72.2 Å². The fourth-order valence-corrected chi connectivity index (χ4v) is 20.6. The van der Waals surface area contributed by atoms with Gasteiger partial charge in [-0.15, -0.1) is 26.3 Å². The zero-order valence-electron chi connectivity index (χ0n) is 79.4. The summed E-state index contributed by atoms with van der Waals surface area (Å²) >= 11 is 0. The van der Waals surface area contributed by atoms with E-state index in [1.165, 1.54) is 32.9 Å². The van der Waals surface area contributed by atoms with Crippen LogP contribution in [0.4, 0.5) is 40.7 Å². The van der Waals surface area contributed by atoms with Gasteiger partial charge in [0.1, 0.15) is 87.9 Å². The van der Waals surface area contributed by atoms with Crippen molar-refractivity contribution in [3.05, 3.63) is 53.5 Å². The predicted octanol–water partition coefficient (Wildman–Crippen LogP) is 15.2. The minimum Gasteiger partial charge on any atom is -0.540 e. The van der Waals surface area contributed by atoms with Crippen LogP contribution in [0.1, 0.15) is 236 Å². The molecule has 3 aliphatic carbocycles. The summed E-state index contributed by atoms with van der Waals surface area (Å²) in [6.45, 7) is 24.1. The van der Waals surface area contributed by atoms with Crippen LogP contribution >= 0.6 is 0 Å². The summed E-state index contributed by atoms with van der Waals surface area (Å²) in [7, 11) is 0. The van der Waals surface area contributed by atoms with Crippen molar-refractivity contribution in [2.75, 3.05) is 19.6 Å². The number of amides is 6. The first kappa shape index (κ1) is 106. The monoisotopic (exact) mass is 2040 g/mol.